The Morgan fingerprint density at radius 3 is 2.17 bits per heavy atom. The average Bonchev–Trinajstić information content (AvgIpc) is 3.59. The van der Waals surface area contributed by atoms with Crippen LogP contribution in [0.1, 0.15) is 30.7 Å². The van der Waals surface area contributed by atoms with E-state index < -0.39 is 60.2 Å². The van der Waals surface area contributed by atoms with E-state index in [4.69, 9.17) is 5.73 Å². The normalized spacial score (nSPS) is 17.7. The maximum atomic E-state index is 13.2. The summed E-state index contributed by atoms with van der Waals surface area (Å²) < 4.78 is 0. The number of carbonyl (C=O) groups excluding carboxylic acids is 3. The molecule has 15 nitrogen and oxygen atoms in total. The zero-order valence-corrected chi connectivity index (χ0v) is 19.2. The third-order valence-electron chi connectivity index (χ3n) is 5.76. The first-order valence-electron chi connectivity index (χ1n) is 11.2. The molecule has 1 aliphatic heterocycles. The van der Waals surface area contributed by atoms with Gasteiger partial charge in [-0.3, -0.25) is 19.2 Å². The minimum Gasteiger partial charge on any atom is -0.481 e. The number of H-pyrrole nitrogens is 2. The summed E-state index contributed by atoms with van der Waals surface area (Å²) >= 11 is 0. The van der Waals surface area contributed by atoms with Gasteiger partial charge in [-0.1, -0.05) is 0 Å². The van der Waals surface area contributed by atoms with Crippen molar-refractivity contribution in [1.29, 1.82) is 0 Å². The van der Waals surface area contributed by atoms with Crippen molar-refractivity contribution in [2.75, 3.05) is 6.54 Å². The monoisotopic (exact) mass is 504 g/mol. The van der Waals surface area contributed by atoms with E-state index in [-0.39, 0.29) is 25.8 Å². The number of likely N-dealkylation sites (tertiary alicyclic amines) is 1. The molecule has 0 bridgehead atoms. The molecular formula is C21H28N8O7. The summed E-state index contributed by atoms with van der Waals surface area (Å²) in [5.74, 6) is -4.89. The molecule has 194 valence electrons. The Labute approximate surface area is 204 Å². The summed E-state index contributed by atoms with van der Waals surface area (Å²) in [5, 5.41) is 23.6. The maximum absolute atomic E-state index is 13.2. The molecule has 3 amide bonds. The second kappa shape index (κ2) is 11.9. The lowest BCUT2D eigenvalue weighted by Crippen LogP contribution is -2.58. The van der Waals surface area contributed by atoms with Gasteiger partial charge in [0.25, 0.3) is 0 Å². The van der Waals surface area contributed by atoms with Gasteiger partial charge in [-0.2, -0.15) is 0 Å². The molecule has 0 saturated carbocycles. The summed E-state index contributed by atoms with van der Waals surface area (Å²) in [7, 11) is 0. The fourth-order valence-electron chi connectivity index (χ4n) is 3.96. The van der Waals surface area contributed by atoms with Gasteiger partial charge in [0.15, 0.2) is 0 Å². The quantitative estimate of drug-likeness (QED) is 0.164. The number of aromatic nitrogens is 4. The summed E-state index contributed by atoms with van der Waals surface area (Å²) in [6.07, 6.45) is 5.72. The number of nitrogens with two attached hydrogens (primary N) is 1. The smallest absolute Gasteiger partial charge is 0.326 e. The summed E-state index contributed by atoms with van der Waals surface area (Å²) in [5.41, 5.74) is 7.07. The maximum Gasteiger partial charge on any atom is 0.326 e. The van der Waals surface area contributed by atoms with Gasteiger partial charge in [-0.15, -0.1) is 0 Å². The Bertz CT molecular complexity index is 1070. The van der Waals surface area contributed by atoms with Crippen molar-refractivity contribution in [1.82, 2.24) is 35.5 Å². The number of carboxylic acids is 2. The number of amides is 3. The van der Waals surface area contributed by atoms with Gasteiger partial charge in [0.05, 0.1) is 25.1 Å². The van der Waals surface area contributed by atoms with Crippen molar-refractivity contribution in [3.8, 4) is 0 Å². The number of hydrogen-bond acceptors (Lipinski definition) is 8. The standard InChI is InChI=1S/C21H28N8O7/c22-13(4-11-7-23-9-25-11)18(32)27-14(5-12-8-24-10-26-12)19(33)28-15(6-17(30)31)20(34)29-3-1-2-16(29)21(35)36/h7-10,13-16H,1-6,22H2,(H,23,25)(H,24,26)(H,27,32)(H,28,33)(H,30,31)(H,35,36). The second-order valence-corrected chi connectivity index (χ2v) is 8.42. The number of rotatable bonds is 12. The molecule has 2 aromatic heterocycles. The van der Waals surface area contributed by atoms with Crippen LogP contribution in [0.2, 0.25) is 0 Å². The van der Waals surface area contributed by atoms with Crippen LogP contribution in [-0.2, 0) is 36.8 Å². The third-order valence-corrected chi connectivity index (χ3v) is 5.76. The van der Waals surface area contributed by atoms with Crippen LogP contribution in [0.4, 0.5) is 0 Å². The molecule has 0 aromatic carbocycles. The van der Waals surface area contributed by atoms with Crippen LogP contribution in [0, 0.1) is 0 Å². The molecule has 1 aliphatic rings. The molecule has 15 heteroatoms. The first-order valence-corrected chi connectivity index (χ1v) is 11.2. The first kappa shape index (κ1) is 26.3. The van der Waals surface area contributed by atoms with Gasteiger partial charge in [-0.05, 0) is 12.8 Å². The third kappa shape index (κ3) is 6.88. The van der Waals surface area contributed by atoms with Crippen LogP contribution >= 0.6 is 0 Å². The molecular weight excluding hydrogens is 476 g/mol. The molecule has 4 atom stereocenters. The van der Waals surface area contributed by atoms with E-state index in [1.165, 1.54) is 25.0 Å². The highest BCUT2D eigenvalue weighted by Gasteiger charge is 2.39. The zero-order chi connectivity index (χ0) is 26.2. The van der Waals surface area contributed by atoms with Crippen LogP contribution in [0.25, 0.3) is 0 Å². The van der Waals surface area contributed by atoms with E-state index in [0.717, 1.165) is 4.90 Å². The number of imidazole rings is 2. The molecule has 1 saturated heterocycles. The zero-order valence-electron chi connectivity index (χ0n) is 19.2. The van der Waals surface area contributed by atoms with Crippen molar-refractivity contribution in [2.45, 2.75) is 56.3 Å². The van der Waals surface area contributed by atoms with Gasteiger partial charge in [0.2, 0.25) is 17.7 Å². The van der Waals surface area contributed by atoms with E-state index >= 15 is 0 Å². The molecule has 36 heavy (non-hydrogen) atoms. The van der Waals surface area contributed by atoms with Crippen LogP contribution < -0.4 is 16.4 Å². The van der Waals surface area contributed by atoms with Crippen molar-refractivity contribution < 1.29 is 34.2 Å². The number of nitrogens with zero attached hydrogens (tertiary/aromatic N) is 3. The molecule has 4 unspecified atom stereocenters. The Morgan fingerprint density at radius 2 is 1.61 bits per heavy atom. The summed E-state index contributed by atoms with van der Waals surface area (Å²) in [6, 6.07) is -4.90. The minimum absolute atomic E-state index is 0.0518. The summed E-state index contributed by atoms with van der Waals surface area (Å²) in [4.78, 5) is 76.3. The van der Waals surface area contributed by atoms with Crippen molar-refractivity contribution in [3.05, 3.63) is 36.4 Å². The largest absolute Gasteiger partial charge is 0.481 e. The molecule has 0 spiro atoms. The van der Waals surface area contributed by atoms with Crippen molar-refractivity contribution in [3.63, 3.8) is 0 Å². The lowest BCUT2D eigenvalue weighted by Gasteiger charge is -2.28. The molecule has 0 radical (unpaired) electrons. The Kier molecular flexibility index (Phi) is 8.72. The fraction of sp³-hybridized carbons (Fsp3) is 0.476. The average molecular weight is 505 g/mol. The van der Waals surface area contributed by atoms with Gasteiger partial charge in [0, 0.05) is 43.2 Å². The van der Waals surface area contributed by atoms with Crippen molar-refractivity contribution >= 4 is 29.7 Å². The first-order chi connectivity index (χ1) is 17.2. The predicted molar refractivity (Wildman–Crippen MR) is 121 cm³/mol. The number of carbonyl (C=O) groups is 5. The van der Waals surface area contributed by atoms with E-state index in [0.29, 0.717) is 17.8 Å². The Hall–Kier alpha value is -4.27. The number of carboxylic acid groups (broad SMARTS) is 2. The van der Waals surface area contributed by atoms with Crippen LogP contribution in [0.3, 0.4) is 0 Å². The van der Waals surface area contributed by atoms with E-state index in [2.05, 4.69) is 30.6 Å². The fourth-order valence-corrected chi connectivity index (χ4v) is 3.96. The molecule has 1 fully saturated rings. The van der Waals surface area contributed by atoms with E-state index in [1.54, 1.807) is 0 Å². The van der Waals surface area contributed by atoms with Crippen molar-refractivity contribution in [2.24, 2.45) is 5.73 Å². The highest BCUT2D eigenvalue weighted by molar-refractivity contribution is 5.96. The Morgan fingerprint density at radius 1 is 1.00 bits per heavy atom. The molecule has 0 aliphatic carbocycles. The molecule has 8 N–H and O–H groups in total. The number of nitrogens with one attached hydrogen (secondary N) is 4. The van der Waals surface area contributed by atoms with Crippen LogP contribution in [0.5, 0.6) is 0 Å². The minimum atomic E-state index is -1.53. The number of aliphatic carboxylic acids is 2. The SMILES string of the molecule is NC(Cc1cnc[nH]1)C(=O)NC(Cc1cnc[nH]1)C(=O)NC(CC(=O)O)C(=O)N1CCCC1C(=O)O. The number of hydrogen-bond donors (Lipinski definition) is 7. The lowest BCUT2D eigenvalue weighted by molar-refractivity contribution is -0.150. The molecule has 3 heterocycles. The van der Waals surface area contributed by atoms with Gasteiger partial charge in [-0.25, -0.2) is 14.8 Å². The van der Waals surface area contributed by atoms with Gasteiger partial charge < -0.3 is 41.4 Å². The second-order valence-electron chi connectivity index (χ2n) is 8.42. The highest BCUT2D eigenvalue weighted by atomic mass is 16.4. The van der Waals surface area contributed by atoms with Crippen LogP contribution in [0.15, 0.2) is 25.0 Å². The summed E-state index contributed by atoms with van der Waals surface area (Å²) in [6.45, 7) is 0.124. The van der Waals surface area contributed by atoms with Crippen LogP contribution in [-0.4, -0.2) is 95.4 Å². The van der Waals surface area contributed by atoms with Gasteiger partial charge >= 0.3 is 11.9 Å². The predicted octanol–water partition coefficient (Wildman–Crippen LogP) is -2.23. The van der Waals surface area contributed by atoms with E-state index in [9.17, 15) is 34.2 Å². The molecule has 3 rings (SSSR count). The molecule has 2 aromatic rings. The van der Waals surface area contributed by atoms with Gasteiger partial charge in [0.1, 0.15) is 18.1 Å². The lowest BCUT2D eigenvalue weighted by atomic mass is 10.1. The van der Waals surface area contributed by atoms with E-state index in [1.807, 2.05) is 0 Å². The Balaban J connectivity index is 1.75. The number of aromatic amines is 2. The highest BCUT2D eigenvalue weighted by Crippen LogP contribution is 2.19. The topological polar surface area (TPSA) is 236 Å².